The number of nitro groups is 1. The molecule has 1 saturated carbocycles. The second-order valence-corrected chi connectivity index (χ2v) is 12.4. The summed E-state index contributed by atoms with van der Waals surface area (Å²) in [5, 5.41) is 16.3. The van der Waals surface area contributed by atoms with Crippen LogP contribution in [0.4, 0.5) is 5.69 Å². The lowest BCUT2D eigenvalue weighted by molar-refractivity contribution is -0.384. The summed E-state index contributed by atoms with van der Waals surface area (Å²) >= 11 is 1.38. The first-order chi connectivity index (χ1) is 20.8. The van der Waals surface area contributed by atoms with Gasteiger partial charge >= 0.3 is 0 Å². The summed E-state index contributed by atoms with van der Waals surface area (Å²) in [6.45, 7) is 1.57. The smallest absolute Gasteiger partial charge is 0.269 e. The fraction of sp³-hybridized carbons (Fsp3) is 0.438. The second kappa shape index (κ2) is 14.1. The van der Waals surface area contributed by atoms with Gasteiger partial charge in [0, 0.05) is 49.9 Å². The minimum Gasteiger partial charge on any atom is -0.497 e. The van der Waals surface area contributed by atoms with E-state index in [0.29, 0.717) is 37.4 Å². The number of thiophene rings is 1. The van der Waals surface area contributed by atoms with Crippen molar-refractivity contribution in [1.29, 1.82) is 0 Å². The number of likely N-dealkylation sites (tertiary alicyclic amines) is 1. The van der Waals surface area contributed by atoms with Gasteiger partial charge in [0.2, 0.25) is 5.91 Å². The number of benzene rings is 2. The lowest BCUT2D eigenvalue weighted by Gasteiger charge is -2.43. The Labute approximate surface area is 256 Å². The zero-order chi connectivity index (χ0) is 30.3. The van der Waals surface area contributed by atoms with Crippen LogP contribution in [0.25, 0.3) is 0 Å². The van der Waals surface area contributed by atoms with Crippen molar-refractivity contribution in [3.63, 3.8) is 0 Å². The first-order valence-electron chi connectivity index (χ1n) is 14.8. The van der Waals surface area contributed by atoms with Crippen molar-refractivity contribution in [3.05, 3.63) is 92.2 Å². The van der Waals surface area contributed by atoms with Crippen molar-refractivity contribution >= 4 is 28.8 Å². The normalized spacial score (nSPS) is 22.3. The predicted octanol–water partition coefficient (Wildman–Crippen LogP) is 4.73. The molecule has 2 fully saturated rings. The van der Waals surface area contributed by atoms with Gasteiger partial charge in [-0.05, 0) is 73.2 Å². The summed E-state index contributed by atoms with van der Waals surface area (Å²) in [7, 11) is 1.64. The maximum Gasteiger partial charge on any atom is 0.269 e. The van der Waals surface area contributed by atoms with Gasteiger partial charge in [-0.25, -0.2) is 0 Å². The highest BCUT2D eigenvalue weighted by atomic mass is 32.1. The number of amides is 2. The van der Waals surface area contributed by atoms with E-state index in [1.807, 2.05) is 35.7 Å². The predicted molar refractivity (Wildman–Crippen MR) is 166 cm³/mol. The standard InChI is InChI=1S/C32H39N5O5S/c1-42-28-5-2-4-23(18-28)21-35(20-22-7-13-26(14-8-22)37(40)41)27-15-16-36(32(39)30-6-3-17-43-30)29(19-27)31(38)34-25-11-9-24(33)10-12-25/h2-8,13-14,17-18,24-25,27,29H,9-12,15-16,19-21,33H2,1H3,(H,34,38)/t24?,25?,27?,29-/m1/s1. The zero-order valence-electron chi connectivity index (χ0n) is 24.4. The van der Waals surface area contributed by atoms with Crippen molar-refractivity contribution in [2.75, 3.05) is 13.7 Å². The molecule has 10 nitrogen and oxygen atoms in total. The molecular weight excluding hydrogens is 566 g/mol. The maximum absolute atomic E-state index is 13.9. The molecule has 0 bridgehead atoms. The van der Waals surface area contributed by atoms with Crippen LogP contribution < -0.4 is 15.8 Å². The molecule has 2 amide bonds. The number of methoxy groups -OCH3 is 1. The number of carbonyl (C=O) groups excluding carboxylic acids is 2. The number of ether oxygens (including phenoxy) is 1. The molecule has 2 atom stereocenters. The number of nitrogens with two attached hydrogens (primary N) is 1. The molecule has 2 aromatic carbocycles. The number of non-ortho nitro benzene ring substituents is 1. The monoisotopic (exact) mass is 605 g/mol. The topological polar surface area (TPSA) is 131 Å². The zero-order valence-corrected chi connectivity index (χ0v) is 25.2. The third kappa shape index (κ3) is 7.78. The van der Waals surface area contributed by atoms with Crippen LogP contribution in [0.5, 0.6) is 5.75 Å². The Bertz CT molecular complexity index is 1390. The molecule has 1 saturated heterocycles. The SMILES string of the molecule is COc1cccc(CN(Cc2ccc([N+](=O)[O-])cc2)C2CCN(C(=O)c3cccs3)[C@@H](C(=O)NC3CCC(N)CC3)C2)c1. The summed E-state index contributed by atoms with van der Waals surface area (Å²) in [6.07, 6.45) is 4.59. The fourth-order valence-electron chi connectivity index (χ4n) is 6.15. The van der Waals surface area contributed by atoms with E-state index in [4.69, 9.17) is 10.5 Å². The maximum atomic E-state index is 13.9. The Morgan fingerprint density at radius 1 is 1.05 bits per heavy atom. The Balaban J connectivity index is 1.40. The van der Waals surface area contributed by atoms with Crippen molar-refractivity contribution in [1.82, 2.24) is 15.1 Å². The number of hydrogen-bond donors (Lipinski definition) is 2. The van der Waals surface area contributed by atoms with Crippen LogP contribution in [-0.4, -0.2) is 64.4 Å². The van der Waals surface area contributed by atoms with Crippen LogP contribution in [0.1, 0.15) is 59.3 Å². The molecule has 5 rings (SSSR count). The molecule has 0 radical (unpaired) electrons. The van der Waals surface area contributed by atoms with E-state index in [9.17, 15) is 19.7 Å². The summed E-state index contributed by atoms with van der Waals surface area (Å²) in [5.41, 5.74) is 8.13. The van der Waals surface area contributed by atoms with Crippen molar-refractivity contribution in [3.8, 4) is 5.75 Å². The van der Waals surface area contributed by atoms with Crippen molar-refractivity contribution in [2.45, 2.75) is 75.8 Å². The Kier molecular flexibility index (Phi) is 10.1. The Morgan fingerprint density at radius 2 is 1.79 bits per heavy atom. The average Bonchev–Trinajstić information content (AvgIpc) is 3.57. The third-order valence-electron chi connectivity index (χ3n) is 8.56. The molecule has 1 aliphatic heterocycles. The first kappa shape index (κ1) is 30.7. The minimum atomic E-state index is -0.617. The molecule has 2 heterocycles. The van der Waals surface area contributed by atoms with Crippen molar-refractivity contribution in [2.24, 2.45) is 5.73 Å². The van der Waals surface area contributed by atoms with E-state index in [2.05, 4.69) is 10.2 Å². The molecule has 11 heteroatoms. The fourth-order valence-corrected chi connectivity index (χ4v) is 6.83. The number of nitro benzene ring substituents is 1. The van der Waals surface area contributed by atoms with Gasteiger partial charge in [-0.15, -0.1) is 11.3 Å². The first-order valence-corrected chi connectivity index (χ1v) is 15.7. The van der Waals surface area contributed by atoms with E-state index in [1.165, 1.54) is 23.5 Å². The largest absolute Gasteiger partial charge is 0.497 e. The van der Waals surface area contributed by atoms with Crippen LogP contribution in [0.15, 0.2) is 66.0 Å². The Morgan fingerprint density at radius 3 is 2.47 bits per heavy atom. The summed E-state index contributed by atoms with van der Waals surface area (Å²) in [4.78, 5) is 42.9. The summed E-state index contributed by atoms with van der Waals surface area (Å²) in [5.74, 6) is 0.523. The van der Waals surface area contributed by atoms with Gasteiger partial charge in [0.05, 0.1) is 16.9 Å². The van der Waals surface area contributed by atoms with Crippen LogP contribution in [0.3, 0.4) is 0 Å². The summed E-state index contributed by atoms with van der Waals surface area (Å²) in [6, 6.07) is 17.8. The minimum absolute atomic E-state index is 0.00990. The molecule has 1 aliphatic carbocycles. The molecule has 228 valence electrons. The van der Waals surface area contributed by atoms with E-state index < -0.39 is 11.0 Å². The van der Waals surface area contributed by atoms with E-state index >= 15 is 0 Å². The molecule has 1 unspecified atom stereocenters. The average molecular weight is 606 g/mol. The Hall–Kier alpha value is -3.80. The van der Waals surface area contributed by atoms with Gasteiger partial charge in [0.1, 0.15) is 11.8 Å². The number of piperidine rings is 1. The van der Waals surface area contributed by atoms with Gasteiger partial charge in [0.25, 0.3) is 11.6 Å². The molecule has 3 aromatic rings. The van der Waals surface area contributed by atoms with Crippen LogP contribution >= 0.6 is 11.3 Å². The highest BCUT2D eigenvalue weighted by molar-refractivity contribution is 7.12. The number of rotatable bonds is 10. The van der Waals surface area contributed by atoms with Crippen LogP contribution in [0.2, 0.25) is 0 Å². The van der Waals surface area contributed by atoms with E-state index in [-0.39, 0.29) is 35.6 Å². The quantitative estimate of drug-likeness (QED) is 0.252. The number of nitrogens with zero attached hydrogens (tertiary/aromatic N) is 3. The van der Waals surface area contributed by atoms with Gasteiger partial charge in [-0.2, -0.15) is 0 Å². The molecule has 43 heavy (non-hydrogen) atoms. The molecule has 1 aromatic heterocycles. The summed E-state index contributed by atoms with van der Waals surface area (Å²) < 4.78 is 5.45. The lowest BCUT2D eigenvalue weighted by atomic mass is 9.90. The highest BCUT2D eigenvalue weighted by Gasteiger charge is 2.39. The van der Waals surface area contributed by atoms with Gasteiger partial charge in [0.15, 0.2) is 0 Å². The van der Waals surface area contributed by atoms with Crippen molar-refractivity contribution < 1.29 is 19.2 Å². The number of carbonyl (C=O) groups is 2. The van der Waals surface area contributed by atoms with Crippen LogP contribution in [-0.2, 0) is 17.9 Å². The van der Waals surface area contributed by atoms with E-state index in [0.717, 1.165) is 42.6 Å². The lowest BCUT2D eigenvalue weighted by Crippen LogP contribution is -2.58. The molecule has 0 spiro atoms. The van der Waals surface area contributed by atoms with Crippen LogP contribution in [0, 0.1) is 10.1 Å². The molecule has 3 N–H and O–H groups in total. The number of nitrogens with one attached hydrogen (secondary N) is 1. The number of hydrogen-bond acceptors (Lipinski definition) is 8. The van der Waals surface area contributed by atoms with E-state index in [1.54, 1.807) is 30.2 Å². The van der Waals surface area contributed by atoms with Gasteiger partial charge < -0.3 is 20.7 Å². The van der Waals surface area contributed by atoms with Gasteiger partial charge in [-0.3, -0.25) is 24.6 Å². The third-order valence-corrected chi connectivity index (χ3v) is 9.42. The van der Waals surface area contributed by atoms with Gasteiger partial charge in [-0.1, -0.05) is 30.3 Å². The molecule has 2 aliphatic rings. The second-order valence-electron chi connectivity index (χ2n) is 11.5. The highest BCUT2D eigenvalue weighted by Crippen LogP contribution is 2.29. The molecular formula is C32H39N5O5S.